The first-order valence-electron chi connectivity index (χ1n) is 4.45. The van der Waals surface area contributed by atoms with Crippen molar-refractivity contribution in [1.82, 2.24) is 15.0 Å². The number of rotatable bonds is 3. The van der Waals surface area contributed by atoms with Crippen LogP contribution in [0.3, 0.4) is 0 Å². The molecule has 0 saturated carbocycles. The largest absolute Gasteiger partial charge is 0.376 e. The zero-order valence-corrected chi connectivity index (χ0v) is 8.90. The Labute approximate surface area is 85.4 Å². The number of aromatic nitrogens is 3. The average molecular weight is 246 g/mol. The minimum atomic E-state index is 0.333. The molecule has 0 aromatic carbocycles. The number of alkyl halides is 1. The molecule has 0 amide bonds. The molecular formula is C8H12BrN3O. The SMILES string of the molecule is BrCc1cnnn1CC1CCCO1. The second-order valence-electron chi connectivity index (χ2n) is 3.18. The van der Waals surface area contributed by atoms with Gasteiger partial charge in [0.15, 0.2) is 0 Å². The third-order valence-electron chi connectivity index (χ3n) is 2.24. The fraction of sp³-hybridized carbons (Fsp3) is 0.750. The molecule has 1 unspecified atom stereocenters. The molecule has 1 aliphatic heterocycles. The summed E-state index contributed by atoms with van der Waals surface area (Å²) >= 11 is 3.40. The Morgan fingerprint density at radius 3 is 3.31 bits per heavy atom. The molecule has 5 heteroatoms. The van der Waals surface area contributed by atoms with Crippen LogP contribution in [0, 0.1) is 0 Å². The van der Waals surface area contributed by atoms with Crippen LogP contribution in [0.2, 0.25) is 0 Å². The third kappa shape index (κ3) is 2.08. The first-order valence-corrected chi connectivity index (χ1v) is 5.57. The van der Waals surface area contributed by atoms with Gasteiger partial charge in [-0.3, -0.25) is 0 Å². The van der Waals surface area contributed by atoms with Crippen LogP contribution >= 0.6 is 15.9 Å². The lowest BCUT2D eigenvalue weighted by Gasteiger charge is -2.09. The maximum absolute atomic E-state index is 5.52. The Hall–Kier alpha value is -0.420. The Morgan fingerprint density at radius 2 is 2.62 bits per heavy atom. The standard InChI is InChI=1S/C8H12BrN3O/c9-4-7-5-10-11-12(7)6-8-2-1-3-13-8/h5,8H,1-4,6H2. The molecule has 0 N–H and O–H groups in total. The van der Waals surface area contributed by atoms with E-state index in [1.54, 1.807) is 6.20 Å². The topological polar surface area (TPSA) is 39.9 Å². The van der Waals surface area contributed by atoms with Crippen LogP contribution in [0.5, 0.6) is 0 Å². The summed E-state index contributed by atoms with van der Waals surface area (Å²) in [6, 6.07) is 0. The fourth-order valence-electron chi connectivity index (χ4n) is 1.52. The molecule has 4 nitrogen and oxygen atoms in total. The normalized spacial score (nSPS) is 22.4. The Morgan fingerprint density at radius 1 is 1.69 bits per heavy atom. The highest BCUT2D eigenvalue weighted by Gasteiger charge is 2.17. The van der Waals surface area contributed by atoms with Crippen LogP contribution < -0.4 is 0 Å². The van der Waals surface area contributed by atoms with Crippen molar-refractivity contribution in [3.63, 3.8) is 0 Å². The Balaban J connectivity index is 1.99. The summed E-state index contributed by atoms with van der Waals surface area (Å²) in [6.45, 7) is 1.73. The molecular weight excluding hydrogens is 234 g/mol. The summed E-state index contributed by atoms with van der Waals surface area (Å²) in [5, 5.41) is 8.67. The molecule has 13 heavy (non-hydrogen) atoms. The molecule has 2 rings (SSSR count). The van der Waals surface area contributed by atoms with Crippen molar-refractivity contribution in [2.24, 2.45) is 0 Å². The van der Waals surface area contributed by atoms with Gasteiger partial charge in [-0.25, -0.2) is 4.68 Å². The van der Waals surface area contributed by atoms with E-state index in [9.17, 15) is 0 Å². The minimum Gasteiger partial charge on any atom is -0.376 e. The molecule has 0 radical (unpaired) electrons. The molecule has 0 aliphatic carbocycles. The monoisotopic (exact) mass is 245 g/mol. The van der Waals surface area contributed by atoms with Gasteiger partial charge in [-0.1, -0.05) is 21.1 Å². The van der Waals surface area contributed by atoms with Crippen molar-refractivity contribution in [3.8, 4) is 0 Å². The molecule has 0 bridgehead atoms. The lowest BCUT2D eigenvalue weighted by molar-refractivity contribution is 0.0929. The molecule has 1 saturated heterocycles. The number of halogens is 1. The van der Waals surface area contributed by atoms with Crippen LogP contribution in [0.1, 0.15) is 18.5 Å². The van der Waals surface area contributed by atoms with Crippen molar-refractivity contribution in [1.29, 1.82) is 0 Å². The van der Waals surface area contributed by atoms with E-state index in [0.29, 0.717) is 6.10 Å². The van der Waals surface area contributed by atoms with E-state index in [1.807, 2.05) is 4.68 Å². The van der Waals surface area contributed by atoms with Crippen LogP contribution in [0.4, 0.5) is 0 Å². The fourth-order valence-corrected chi connectivity index (χ4v) is 1.95. The van der Waals surface area contributed by atoms with Gasteiger partial charge in [0.2, 0.25) is 0 Å². The lowest BCUT2D eigenvalue weighted by Crippen LogP contribution is -2.17. The maximum Gasteiger partial charge on any atom is 0.0772 e. The van der Waals surface area contributed by atoms with Crippen molar-refractivity contribution >= 4 is 15.9 Å². The van der Waals surface area contributed by atoms with Gasteiger partial charge in [-0.05, 0) is 12.8 Å². The van der Waals surface area contributed by atoms with Crippen LogP contribution in [-0.2, 0) is 16.6 Å². The van der Waals surface area contributed by atoms with E-state index in [4.69, 9.17) is 4.74 Å². The molecule has 1 aromatic heterocycles. The summed E-state index contributed by atoms with van der Waals surface area (Å²) in [7, 11) is 0. The molecule has 1 atom stereocenters. The first-order chi connectivity index (χ1) is 6.40. The van der Waals surface area contributed by atoms with E-state index >= 15 is 0 Å². The van der Waals surface area contributed by atoms with Gasteiger partial charge in [0, 0.05) is 11.9 Å². The first kappa shape index (κ1) is 9.15. The van der Waals surface area contributed by atoms with Gasteiger partial charge in [-0.2, -0.15) is 0 Å². The van der Waals surface area contributed by atoms with Crippen molar-refractivity contribution in [2.45, 2.75) is 30.8 Å². The van der Waals surface area contributed by atoms with E-state index in [1.165, 1.54) is 6.42 Å². The van der Waals surface area contributed by atoms with Crippen LogP contribution in [0.15, 0.2) is 6.20 Å². The highest BCUT2D eigenvalue weighted by Crippen LogP contribution is 2.14. The maximum atomic E-state index is 5.52. The van der Waals surface area contributed by atoms with Gasteiger partial charge in [-0.15, -0.1) is 5.10 Å². The van der Waals surface area contributed by atoms with Crippen molar-refractivity contribution in [3.05, 3.63) is 11.9 Å². The predicted molar refractivity (Wildman–Crippen MR) is 51.6 cm³/mol. The van der Waals surface area contributed by atoms with Crippen molar-refractivity contribution in [2.75, 3.05) is 6.61 Å². The second kappa shape index (κ2) is 4.19. The number of nitrogens with zero attached hydrogens (tertiary/aromatic N) is 3. The van der Waals surface area contributed by atoms with Gasteiger partial charge in [0.25, 0.3) is 0 Å². The average Bonchev–Trinajstić information content (AvgIpc) is 2.76. The highest BCUT2D eigenvalue weighted by molar-refractivity contribution is 9.08. The Bertz CT molecular complexity index is 270. The lowest BCUT2D eigenvalue weighted by atomic mass is 10.2. The summed E-state index contributed by atoms with van der Waals surface area (Å²) in [5.41, 5.74) is 1.11. The quantitative estimate of drug-likeness (QED) is 0.756. The molecule has 2 heterocycles. The molecule has 1 aliphatic rings. The van der Waals surface area contributed by atoms with Gasteiger partial charge >= 0.3 is 0 Å². The zero-order chi connectivity index (χ0) is 9.10. The molecule has 72 valence electrons. The van der Waals surface area contributed by atoms with E-state index in [0.717, 1.165) is 30.6 Å². The number of hydrogen-bond donors (Lipinski definition) is 0. The summed E-state index contributed by atoms with van der Waals surface area (Å²) < 4.78 is 7.43. The van der Waals surface area contributed by atoms with Crippen LogP contribution in [0.25, 0.3) is 0 Å². The number of hydrogen-bond acceptors (Lipinski definition) is 3. The highest BCUT2D eigenvalue weighted by atomic mass is 79.9. The summed E-state index contributed by atoms with van der Waals surface area (Å²) in [4.78, 5) is 0. The predicted octanol–water partition coefficient (Wildman–Crippen LogP) is 1.35. The van der Waals surface area contributed by atoms with E-state index in [-0.39, 0.29) is 0 Å². The summed E-state index contributed by atoms with van der Waals surface area (Å²) in [5.74, 6) is 0. The molecule has 1 fully saturated rings. The van der Waals surface area contributed by atoms with Crippen LogP contribution in [-0.4, -0.2) is 27.7 Å². The Kier molecular flexibility index (Phi) is 2.95. The molecule has 1 aromatic rings. The van der Waals surface area contributed by atoms with E-state index < -0.39 is 0 Å². The smallest absolute Gasteiger partial charge is 0.0772 e. The minimum absolute atomic E-state index is 0.333. The van der Waals surface area contributed by atoms with Gasteiger partial charge < -0.3 is 4.74 Å². The van der Waals surface area contributed by atoms with Gasteiger partial charge in [0.1, 0.15) is 0 Å². The van der Waals surface area contributed by atoms with Gasteiger partial charge in [0.05, 0.1) is 24.5 Å². The summed E-state index contributed by atoms with van der Waals surface area (Å²) in [6.07, 6.45) is 4.42. The number of ether oxygens (including phenoxy) is 1. The third-order valence-corrected chi connectivity index (χ3v) is 2.81. The van der Waals surface area contributed by atoms with E-state index in [2.05, 4.69) is 26.2 Å². The van der Waals surface area contributed by atoms with Crippen molar-refractivity contribution < 1.29 is 4.74 Å². The zero-order valence-electron chi connectivity index (χ0n) is 7.32. The molecule has 0 spiro atoms. The second-order valence-corrected chi connectivity index (χ2v) is 3.74.